The highest BCUT2D eigenvalue weighted by atomic mass is 35.5. The van der Waals surface area contributed by atoms with Gasteiger partial charge in [0.1, 0.15) is 0 Å². The van der Waals surface area contributed by atoms with E-state index in [0.717, 1.165) is 0 Å². The summed E-state index contributed by atoms with van der Waals surface area (Å²) in [6, 6.07) is 19.3. The van der Waals surface area contributed by atoms with E-state index in [-0.39, 0.29) is 16.5 Å². The highest BCUT2D eigenvalue weighted by Crippen LogP contribution is 2.23. The Bertz CT molecular complexity index is 1210. The number of halogens is 1. The number of fused-ring (bicyclic) bond motifs is 1. The zero-order chi connectivity index (χ0) is 18.8. The number of pyridine rings is 1. The minimum absolute atomic E-state index is 0.149. The van der Waals surface area contributed by atoms with Crippen molar-refractivity contribution in [2.45, 2.75) is 10.9 Å². The van der Waals surface area contributed by atoms with Crippen molar-refractivity contribution in [1.82, 2.24) is 14.5 Å². The van der Waals surface area contributed by atoms with Crippen molar-refractivity contribution in [1.29, 1.82) is 0 Å². The lowest BCUT2D eigenvalue weighted by Gasteiger charge is -2.14. The lowest BCUT2D eigenvalue weighted by atomic mass is 10.2. The molecule has 2 aromatic heterocycles. The quantitative estimate of drug-likeness (QED) is 0.494. The predicted octanol–water partition coefficient (Wildman–Crippen LogP) is 3.74. The monoisotopic (exact) mass is 395 g/mol. The highest BCUT2D eigenvalue weighted by Gasteiger charge is 2.19. The van der Waals surface area contributed by atoms with Crippen molar-refractivity contribution >= 4 is 33.3 Å². The van der Waals surface area contributed by atoms with Crippen LogP contribution < -0.4 is 5.56 Å². The second kappa shape index (κ2) is 7.42. The molecule has 2 heterocycles. The summed E-state index contributed by atoms with van der Waals surface area (Å²) in [5.41, 5.74) is 1.30. The van der Waals surface area contributed by atoms with Gasteiger partial charge in [0.25, 0.3) is 5.56 Å². The smallest absolute Gasteiger partial charge is 0.266 e. The molecule has 0 N–H and O–H groups in total. The fourth-order valence-corrected chi connectivity index (χ4v) is 4.17. The van der Waals surface area contributed by atoms with Crippen LogP contribution in [0.1, 0.15) is 5.69 Å². The SMILES string of the molecule is O=c1c2ccccc2nc(S(=O)Cc2ccccn2)n1-c1ccccc1Cl. The molecule has 0 bridgehead atoms. The van der Waals surface area contributed by atoms with Crippen LogP contribution in [0.3, 0.4) is 0 Å². The molecule has 0 saturated carbocycles. The van der Waals surface area contributed by atoms with Gasteiger partial charge in [-0.25, -0.2) is 4.98 Å². The molecule has 1 unspecified atom stereocenters. The van der Waals surface area contributed by atoms with Gasteiger partial charge in [0.05, 0.1) is 43.9 Å². The third kappa shape index (κ3) is 3.41. The van der Waals surface area contributed by atoms with E-state index in [1.165, 1.54) is 4.57 Å². The number of aromatic nitrogens is 3. The molecule has 4 aromatic rings. The minimum Gasteiger partial charge on any atom is -0.268 e. The van der Waals surface area contributed by atoms with E-state index >= 15 is 0 Å². The molecule has 5 nitrogen and oxygen atoms in total. The number of hydrogen-bond donors (Lipinski definition) is 0. The second-order valence-corrected chi connectivity index (χ2v) is 7.57. The van der Waals surface area contributed by atoms with Gasteiger partial charge in [-0.1, -0.05) is 41.9 Å². The van der Waals surface area contributed by atoms with Crippen LogP contribution in [-0.2, 0) is 16.6 Å². The zero-order valence-electron chi connectivity index (χ0n) is 14.1. The van der Waals surface area contributed by atoms with Crippen LogP contribution in [0.15, 0.2) is 82.9 Å². The average Bonchev–Trinajstić information content (AvgIpc) is 2.69. The molecule has 0 aliphatic rings. The van der Waals surface area contributed by atoms with Gasteiger partial charge in [-0.05, 0) is 36.4 Å². The van der Waals surface area contributed by atoms with Gasteiger partial charge in [0, 0.05) is 6.20 Å². The molecule has 27 heavy (non-hydrogen) atoms. The Hall–Kier alpha value is -2.83. The van der Waals surface area contributed by atoms with Crippen LogP contribution in [0.4, 0.5) is 0 Å². The molecule has 4 rings (SSSR count). The van der Waals surface area contributed by atoms with Gasteiger partial charge in [-0.2, -0.15) is 0 Å². The topological polar surface area (TPSA) is 64.8 Å². The Morgan fingerprint density at radius 2 is 1.70 bits per heavy atom. The van der Waals surface area contributed by atoms with Crippen molar-refractivity contribution in [2.24, 2.45) is 0 Å². The van der Waals surface area contributed by atoms with Gasteiger partial charge in [0.15, 0.2) is 0 Å². The van der Waals surface area contributed by atoms with Gasteiger partial charge < -0.3 is 0 Å². The molecule has 0 radical (unpaired) electrons. The third-order valence-corrected chi connectivity index (χ3v) is 5.61. The van der Waals surface area contributed by atoms with Gasteiger partial charge in [0.2, 0.25) is 5.16 Å². The maximum absolute atomic E-state index is 13.2. The van der Waals surface area contributed by atoms with Crippen LogP contribution in [-0.4, -0.2) is 18.7 Å². The van der Waals surface area contributed by atoms with E-state index in [1.54, 1.807) is 66.9 Å². The van der Waals surface area contributed by atoms with E-state index in [9.17, 15) is 9.00 Å². The summed E-state index contributed by atoms with van der Waals surface area (Å²) in [5.74, 6) is 0.149. The summed E-state index contributed by atoms with van der Waals surface area (Å²) < 4.78 is 14.5. The summed E-state index contributed by atoms with van der Waals surface area (Å²) in [4.78, 5) is 21.9. The number of rotatable bonds is 4. The van der Waals surface area contributed by atoms with Crippen molar-refractivity contribution in [2.75, 3.05) is 0 Å². The number of nitrogens with zero attached hydrogens (tertiary/aromatic N) is 3. The molecule has 2 aromatic carbocycles. The largest absolute Gasteiger partial charge is 0.268 e. The molecule has 1 atom stereocenters. The first-order valence-corrected chi connectivity index (χ1v) is 9.90. The molecular weight excluding hydrogens is 382 g/mol. The highest BCUT2D eigenvalue weighted by molar-refractivity contribution is 7.84. The van der Waals surface area contributed by atoms with E-state index < -0.39 is 10.8 Å². The maximum Gasteiger partial charge on any atom is 0.266 e. The number of benzene rings is 2. The minimum atomic E-state index is -1.59. The Labute approximate surface area is 162 Å². The van der Waals surface area contributed by atoms with E-state index in [0.29, 0.717) is 27.3 Å². The lowest BCUT2D eigenvalue weighted by molar-refractivity contribution is 0.666. The van der Waals surface area contributed by atoms with Gasteiger partial charge >= 0.3 is 0 Å². The van der Waals surface area contributed by atoms with Gasteiger partial charge in [-0.15, -0.1) is 0 Å². The zero-order valence-corrected chi connectivity index (χ0v) is 15.7. The lowest BCUT2D eigenvalue weighted by Crippen LogP contribution is -2.25. The second-order valence-electron chi connectivity index (χ2n) is 5.81. The van der Waals surface area contributed by atoms with Crippen molar-refractivity contribution in [3.63, 3.8) is 0 Å². The molecular formula is C20H14ClN3O2S. The maximum atomic E-state index is 13.2. The van der Waals surface area contributed by atoms with Crippen LogP contribution in [0.25, 0.3) is 16.6 Å². The molecule has 0 amide bonds. The van der Waals surface area contributed by atoms with Crippen LogP contribution in [0.2, 0.25) is 5.02 Å². The summed E-state index contributed by atoms with van der Waals surface area (Å²) in [5, 5.41) is 0.973. The first-order valence-electron chi connectivity index (χ1n) is 8.20. The number of hydrogen-bond acceptors (Lipinski definition) is 4. The average molecular weight is 396 g/mol. The Morgan fingerprint density at radius 1 is 0.963 bits per heavy atom. The summed E-state index contributed by atoms with van der Waals surface area (Å²) in [7, 11) is -1.59. The molecule has 0 aliphatic heterocycles. The normalized spacial score (nSPS) is 12.2. The summed E-state index contributed by atoms with van der Waals surface area (Å²) >= 11 is 6.32. The Balaban J connectivity index is 1.96. The molecule has 0 saturated heterocycles. The van der Waals surface area contributed by atoms with Crippen molar-refractivity contribution in [3.05, 3.63) is 94.0 Å². The molecule has 0 spiro atoms. The van der Waals surface area contributed by atoms with Crippen LogP contribution in [0.5, 0.6) is 0 Å². The fourth-order valence-electron chi connectivity index (χ4n) is 2.79. The molecule has 0 aliphatic carbocycles. The standard InChI is InChI=1S/C20H14ClN3O2S/c21-16-9-2-4-11-18(16)24-19(25)15-8-1-3-10-17(15)23-20(24)27(26)13-14-7-5-6-12-22-14/h1-12H,13H2. The van der Waals surface area contributed by atoms with Crippen molar-refractivity contribution in [3.8, 4) is 5.69 Å². The Kier molecular flexibility index (Phi) is 4.83. The summed E-state index contributed by atoms with van der Waals surface area (Å²) in [6.45, 7) is 0. The van der Waals surface area contributed by atoms with E-state index in [1.807, 2.05) is 6.07 Å². The Morgan fingerprint density at radius 3 is 2.48 bits per heavy atom. The number of para-hydroxylation sites is 2. The summed E-state index contributed by atoms with van der Waals surface area (Å²) in [6.07, 6.45) is 1.64. The first-order chi connectivity index (χ1) is 13.1. The predicted molar refractivity (Wildman–Crippen MR) is 107 cm³/mol. The fraction of sp³-hybridized carbons (Fsp3) is 0.0500. The van der Waals surface area contributed by atoms with Crippen LogP contribution >= 0.6 is 11.6 Å². The van der Waals surface area contributed by atoms with Crippen LogP contribution in [0, 0.1) is 0 Å². The van der Waals surface area contributed by atoms with Gasteiger partial charge in [-0.3, -0.25) is 18.6 Å². The molecule has 134 valence electrons. The van der Waals surface area contributed by atoms with E-state index in [4.69, 9.17) is 11.6 Å². The van der Waals surface area contributed by atoms with Crippen molar-refractivity contribution < 1.29 is 4.21 Å². The molecule has 0 fully saturated rings. The molecule has 7 heteroatoms. The first kappa shape index (κ1) is 17.6. The third-order valence-electron chi connectivity index (χ3n) is 4.05. The van der Waals surface area contributed by atoms with E-state index in [2.05, 4.69) is 9.97 Å².